The van der Waals surface area contributed by atoms with E-state index < -0.39 is 23.6 Å². The van der Waals surface area contributed by atoms with Crippen molar-refractivity contribution >= 4 is 5.91 Å². The summed E-state index contributed by atoms with van der Waals surface area (Å²) < 4.78 is 26.8. The molecular formula is C17H17F2NO2. The molecule has 0 spiro atoms. The molecule has 2 rings (SSSR count). The number of nitrogens with one attached hydrogen (secondary N) is 1. The molecule has 0 aliphatic rings. The van der Waals surface area contributed by atoms with Gasteiger partial charge in [0.1, 0.15) is 11.6 Å². The normalized spacial score (nSPS) is 12.0. The van der Waals surface area contributed by atoms with Gasteiger partial charge in [-0.2, -0.15) is 0 Å². The molecule has 0 radical (unpaired) electrons. The monoisotopic (exact) mass is 305 g/mol. The van der Waals surface area contributed by atoms with E-state index in [0.717, 1.165) is 11.6 Å². The zero-order valence-corrected chi connectivity index (χ0v) is 12.1. The second-order valence-corrected chi connectivity index (χ2v) is 5.13. The minimum absolute atomic E-state index is 0.0103. The Balaban J connectivity index is 1.94. The van der Waals surface area contributed by atoms with E-state index in [2.05, 4.69) is 5.32 Å². The predicted octanol–water partition coefficient (Wildman–Crippen LogP) is 2.61. The SMILES string of the molecule is Cc1cc(C(=O)NCC(O)Cc2ccccc2)c(F)cc1F. The summed E-state index contributed by atoms with van der Waals surface area (Å²) in [5.41, 5.74) is 0.898. The summed E-state index contributed by atoms with van der Waals surface area (Å²) in [6.45, 7) is 1.44. The van der Waals surface area contributed by atoms with Gasteiger partial charge in [-0.1, -0.05) is 30.3 Å². The van der Waals surface area contributed by atoms with Crippen LogP contribution >= 0.6 is 0 Å². The number of halogens is 2. The molecule has 0 aromatic heterocycles. The van der Waals surface area contributed by atoms with E-state index >= 15 is 0 Å². The fourth-order valence-corrected chi connectivity index (χ4v) is 2.10. The van der Waals surface area contributed by atoms with Gasteiger partial charge in [0.25, 0.3) is 5.91 Å². The Bertz CT molecular complexity index is 659. The molecule has 2 aromatic rings. The van der Waals surface area contributed by atoms with Crippen molar-refractivity contribution in [1.82, 2.24) is 5.32 Å². The van der Waals surface area contributed by atoms with E-state index in [0.29, 0.717) is 12.5 Å². The molecule has 116 valence electrons. The molecule has 0 fully saturated rings. The zero-order chi connectivity index (χ0) is 16.1. The molecule has 3 nitrogen and oxygen atoms in total. The molecule has 2 N–H and O–H groups in total. The number of aliphatic hydroxyl groups excluding tert-OH is 1. The van der Waals surface area contributed by atoms with Crippen LogP contribution in [0.4, 0.5) is 8.78 Å². The maximum absolute atomic E-state index is 13.6. The van der Waals surface area contributed by atoms with Gasteiger partial charge >= 0.3 is 0 Å². The molecule has 2 aromatic carbocycles. The van der Waals surface area contributed by atoms with Crippen LogP contribution in [0, 0.1) is 18.6 Å². The Kier molecular flexibility index (Phi) is 5.22. The first-order chi connectivity index (χ1) is 10.5. The lowest BCUT2D eigenvalue weighted by molar-refractivity contribution is 0.0911. The van der Waals surface area contributed by atoms with Crippen molar-refractivity contribution in [3.8, 4) is 0 Å². The van der Waals surface area contributed by atoms with Crippen LogP contribution in [-0.2, 0) is 6.42 Å². The first kappa shape index (κ1) is 16.1. The molecule has 0 saturated heterocycles. The molecular weight excluding hydrogens is 288 g/mol. The number of amides is 1. The highest BCUT2D eigenvalue weighted by Crippen LogP contribution is 2.14. The van der Waals surface area contributed by atoms with Gasteiger partial charge in [-0.05, 0) is 24.1 Å². The van der Waals surface area contributed by atoms with Gasteiger partial charge in [0.15, 0.2) is 0 Å². The number of aliphatic hydroxyl groups is 1. The minimum Gasteiger partial charge on any atom is -0.391 e. The third kappa shape index (κ3) is 4.11. The lowest BCUT2D eigenvalue weighted by Gasteiger charge is -2.12. The topological polar surface area (TPSA) is 49.3 Å². The van der Waals surface area contributed by atoms with Crippen LogP contribution in [0.5, 0.6) is 0 Å². The van der Waals surface area contributed by atoms with Gasteiger partial charge in [0.05, 0.1) is 11.7 Å². The minimum atomic E-state index is -0.918. The van der Waals surface area contributed by atoms with E-state index in [1.165, 1.54) is 6.92 Å². The van der Waals surface area contributed by atoms with Crippen molar-refractivity contribution in [2.24, 2.45) is 0 Å². The molecule has 1 amide bonds. The summed E-state index contributed by atoms with van der Waals surface area (Å²) in [4.78, 5) is 11.9. The lowest BCUT2D eigenvalue weighted by atomic mass is 10.1. The molecule has 1 atom stereocenters. The Morgan fingerprint density at radius 1 is 1.18 bits per heavy atom. The summed E-state index contributed by atoms with van der Waals surface area (Å²) in [6, 6.07) is 11.2. The molecule has 0 bridgehead atoms. The van der Waals surface area contributed by atoms with Gasteiger partial charge in [0.2, 0.25) is 0 Å². The molecule has 22 heavy (non-hydrogen) atoms. The highest BCUT2D eigenvalue weighted by atomic mass is 19.1. The van der Waals surface area contributed by atoms with Crippen LogP contribution in [0.15, 0.2) is 42.5 Å². The highest BCUT2D eigenvalue weighted by molar-refractivity contribution is 5.94. The fourth-order valence-electron chi connectivity index (χ4n) is 2.10. The summed E-state index contributed by atoms with van der Waals surface area (Å²) >= 11 is 0. The second kappa shape index (κ2) is 7.13. The largest absolute Gasteiger partial charge is 0.391 e. The van der Waals surface area contributed by atoms with Gasteiger partial charge < -0.3 is 10.4 Å². The molecule has 5 heteroatoms. The third-order valence-electron chi connectivity index (χ3n) is 3.31. The average molecular weight is 305 g/mol. The van der Waals surface area contributed by atoms with E-state index in [1.54, 1.807) is 0 Å². The highest BCUT2D eigenvalue weighted by Gasteiger charge is 2.15. The number of aryl methyl sites for hydroxylation is 1. The molecule has 0 aliphatic heterocycles. The summed E-state index contributed by atoms with van der Waals surface area (Å²) in [5.74, 6) is -2.29. The molecule has 0 heterocycles. The van der Waals surface area contributed by atoms with Crippen molar-refractivity contribution in [2.75, 3.05) is 6.54 Å². The third-order valence-corrected chi connectivity index (χ3v) is 3.31. The number of carbonyl (C=O) groups excluding carboxylic acids is 1. The van der Waals surface area contributed by atoms with Crippen molar-refractivity contribution in [3.05, 3.63) is 70.8 Å². The van der Waals surface area contributed by atoms with Crippen LogP contribution in [0.3, 0.4) is 0 Å². The Morgan fingerprint density at radius 2 is 1.86 bits per heavy atom. The quantitative estimate of drug-likeness (QED) is 0.892. The van der Waals surface area contributed by atoms with Crippen LogP contribution in [0.25, 0.3) is 0 Å². The summed E-state index contributed by atoms with van der Waals surface area (Å²) in [5, 5.41) is 12.4. The van der Waals surface area contributed by atoms with Gasteiger partial charge in [-0.15, -0.1) is 0 Å². The van der Waals surface area contributed by atoms with Gasteiger partial charge in [0, 0.05) is 19.0 Å². The van der Waals surface area contributed by atoms with Crippen LogP contribution in [0.2, 0.25) is 0 Å². The van der Waals surface area contributed by atoms with Gasteiger partial charge in [-0.25, -0.2) is 8.78 Å². The molecule has 0 aliphatic carbocycles. The number of rotatable bonds is 5. The van der Waals surface area contributed by atoms with Crippen molar-refractivity contribution in [1.29, 1.82) is 0 Å². The van der Waals surface area contributed by atoms with Gasteiger partial charge in [-0.3, -0.25) is 4.79 Å². The number of benzene rings is 2. The van der Waals surface area contributed by atoms with Crippen molar-refractivity contribution in [3.63, 3.8) is 0 Å². The smallest absolute Gasteiger partial charge is 0.254 e. The Morgan fingerprint density at radius 3 is 2.55 bits per heavy atom. The first-order valence-corrected chi connectivity index (χ1v) is 6.93. The van der Waals surface area contributed by atoms with Crippen molar-refractivity contribution < 1.29 is 18.7 Å². The lowest BCUT2D eigenvalue weighted by Crippen LogP contribution is -2.33. The average Bonchev–Trinajstić information content (AvgIpc) is 2.49. The second-order valence-electron chi connectivity index (χ2n) is 5.13. The maximum Gasteiger partial charge on any atom is 0.254 e. The Labute approximate surface area is 127 Å². The first-order valence-electron chi connectivity index (χ1n) is 6.93. The summed E-state index contributed by atoms with van der Waals surface area (Å²) in [6.07, 6.45) is -0.401. The number of hydrogen-bond acceptors (Lipinski definition) is 2. The Hall–Kier alpha value is -2.27. The molecule has 0 saturated carbocycles. The van der Waals surface area contributed by atoms with E-state index in [1.807, 2.05) is 30.3 Å². The van der Waals surface area contributed by atoms with Crippen LogP contribution in [-0.4, -0.2) is 23.7 Å². The standard InChI is InChI=1S/C17H17F2NO2/c1-11-7-14(16(19)9-15(11)18)17(22)20-10-13(21)8-12-5-3-2-4-6-12/h2-7,9,13,21H,8,10H2,1H3,(H,20,22). The summed E-state index contributed by atoms with van der Waals surface area (Å²) in [7, 11) is 0. The molecule has 1 unspecified atom stereocenters. The predicted molar refractivity (Wildman–Crippen MR) is 79.6 cm³/mol. The van der Waals surface area contributed by atoms with Crippen LogP contribution in [0.1, 0.15) is 21.5 Å². The van der Waals surface area contributed by atoms with E-state index in [4.69, 9.17) is 0 Å². The maximum atomic E-state index is 13.6. The fraction of sp³-hybridized carbons (Fsp3) is 0.235. The van der Waals surface area contributed by atoms with E-state index in [9.17, 15) is 18.7 Å². The van der Waals surface area contributed by atoms with E-state index in [-0.39, 0.29) is 17.7 Å². The zero-order valence-electron chi connectivity index (χ0n) is 12.1. The van der Waals surface area contributed by atoms with Crippen LogP contribution < -0.4 is 5.32 Å². The van der Waals surface area contributed by atoms with Crippen molar-refractivity contribution in [2.45, 2.75) is 19.4 Å². The number of hydrogen-bond donors (Lipinski definition) is 2. The number of carbonyl (C=O) groups is 1.